The fourth-order valence-corrected chi connectivity index (χ4v) is 2.77. The minimum absolute atomic E-state index is 0.612. The van der Waals surface area contributed by atoms with Crippen molar-refractivity contribution < 1.29 is 8.95 Å². The third-order valence-electron chi connectivity index (χ3n) is 2.39. The average molecular weight is 225 g/mol. The monoisotopic (exact) mass is 225 g/mol. The topological polar surface area (TPSA) is 29.5 Å². The molecule has 0 spiro atoms. The van der Waals surface area contributed by atoms with Gasteiger partial charge < -0.3 is 4.74 Å². The molecule has 2 rings (SSSR count). The maximum atomic E-state index is 11.9. The molecule has 1 heterocycles. The normalized spacial score (nSPS) is 20.0. The quantitative estimate of drug-likeness (QED) is 0.773. The molecular weight excluding hydrogens is 210 g/mol. The molecular formula is C11H15NO2S. The molecule has 1 fully saturated rings. The molecule has 1 unspecified atom stereocenters. The first-order valence-corrected chi connectivity index (χ1v) is 6.39. The number of benzene rings is 1. The number of morpholine rings is 1. The molecule has 1 aromatic rings. The van der Waals surface area contributed by atoms with E-state index in [9.17, 15) is 4.21 Å². The van der Waals surface area contributed by atoms with E-state index in [1.54, 1.807) is 0 Å². The predicted octanol–water partition coefficient (Wildman–Crippen LogP) is 1.18. The highest BCUT2D eigenvalue weighted by atomic mass is 32.2. The van der Waals surface area contributed by atoms with E-state index in [0.29, 0.717) is 19.0 Å². The van der Waals surface area contributed by atoms with E-state index in [-0.39, 0.29) is 0 Å². The van der Waals surface area contributed by atoms with Crippen molar-refractivity contribution in [3.05, 3.63) is 35.9 Å². The summed E-state index contributed by atoms with van der Waals surface area (Å²) < 4.78 is 19.2. The lowest BCUT2D eigenvalue weighted by molar-refractivity contribution is 0.0751. The van der Waals surface area contributed by atoms with E-state index >= 15 is 0 Å². The summed E-state index contributed by atoms with van der Waals surface area (Å²) in [7, 11) is -0.904. The molecule has 0 N–H and O–H groups in total. The van der Waals surface area contributed by atoms with Crippen LogP contribution in [0.4, 0.5) is 0 Å². The van der Waals surface area contributed by atoms with E-state index in [1.165, 1.54) is 0 Å². The number of ether oxygens (including phenoxy) is 1. The van der Waals surface area contributed by atoms with Crippen molar-refractivity contribution in [3.8, 4) is 0 Å². The summed E-state index contributed by atoms with van der Waals surface area (Å²) in [6, 6.07) is 9.95. The van der Waals surface area contributed by atoms with Crippen LogP contribution >= 0.6 is 0 Å². The lowest BCUT2D eigenvalue weighted by atomic mass is 10.2. The summed E-state index contributed by atoms with van der Waals surface area (Å²) in [4.78, 5) is 0. The molecule has 0 bridgehead atoms. The van der Waals surface area contributed by atoms with Crippen LogP contribution in [0.25, 0.3) is 0 Å². The van der Waals surface area contributed by atoms with Gasteiger partial charge in [-0.1, -0.05) is 30.3 Å². The summed E-state index contributed by atoms with van der Waals surface area (Å²) in [6.07, 6.45) is 0. The molecule has 1 saturated heterocycles. The zero-order chi connectivity index (χ0) is 10.5. The highest BCUT2D eigenvalue weighted by Gasteiger charge is 2.16. The maximum absolute atomic E-state index is 11.9. The van der Waals surface area contributed by atoms with E-state index < -0.39 is 11.0 Å². The number of nitrogens with zero attached hydrogens (tertiary/aromatic N) is 1. The molecule has 1 aromatic carbocycles. The van der Waals surface area contributed by atoms with Crippen LogP contribution in [-0.4, -0.2) is 34.8 Å². The Kier molecular flexibility index (Phi) is 3.88. The van der Waals surface area contributed by atoms with Crippen molar-refractivity contribution in [2.24, 2.45) is 0 Å². The van der Waals surface area contributed by atoms with Gasteiger partial charge in [-0.2, -0.15) is 0 Å². The van der Waals surface area contributed by atoms with Gasteiger partial charge in [-0.15, -0.1) is 0 Å². The lowest BCUT2D eigenvalue weighted by Gasteiger charge is -2.25. The number of hydrogen-bond donors (Lipinski definition) is 0. The second-order valence-corrected chi connectivity index (χ2v) is 4.94. The highest BCUT2D eigenvalue weighted by molar-refractivity contribution is 7.81. The Labute approximate surface area is 92.6 Å². The fourth-order valence-electron chi connectivity index (χ4n) is 1.56. The minimum Gasteiger partial charge on any atom is -0.379 e. The maximum Gasteiger partial charge on any atom is 0.0989 e. The van der Waals surface area contributed by atoms with Crippen molar-refractivity contribution in [2.75, 3.05) is 26.3 Å². The zero-order valence-corrected chi connectivity index (χ0v) is 9.41. The van der Waals surface area contributed by atoms with E-state index in [1.807, 2.05) is 34.6 Å². The van der Waals surface area contributed by atoms with Gasteiger partial charge in [-0.05, 0) is 5.56 Å². The second-order valence-electron chi connectivity index (χ2n) is 3.49. The van der Waals surface area contributed by atoms with Crippen molar-refractivity contribution in [3.63, 3.8) is 0 Å². The lowest BCUT2D eigenvalue weighted by Crippen LogP contribution is -2.37. The second kappa shape index (κ2) is 5.39. The van der Waals surface area contributed by atoms with Crippen LogP contribution in [-0.2, 0) is 21.5 Å². The highest BCUT2D eigenvalue weighted by Crippen LogP contribution is 2.08. The summed E-state index contributed by atoms with van der Waals surface area (Å²) in [5.74, 6) is 0.612. The molecule has 82 valence electrons. The number of hydrogen-bond acceptors (Lipinski definition) is 2. The van der Waals surface area contributed by atoms with E-state index in [0.717, 1.165) is 18.7 Å². The molecule has 15 heavy (non-hydrogen) atoms. The molecule has 0 aliphatic carbocycles. The van der Waals surface area contributed by atoms with Gasteiger partial charge >= 0.3 is 0 Å². The Hall–Kier alpha value is -0.710. The summed E-state index contributed by atoms with van der Waals surface area (Å²) in [5.41, 5.74) is 1.13. The smallest absolute Gasteiger partial charge is 0.0989 e. The van der Waals surface area contributed by atoms with Crippen LogP contribution in [0.2, 0.25) is 0 Å². The SMILES string of the molecule is O=S(Cc1ccccc1)N1CCOCC1. The van der Waals surface area contributed by atoms with Crippen LogP contribution in [0.5, 0.6) is 0 Å². The van der Waals surface area contributed by atoms with Crippen LogP contribution in [0.1, 0.15) is 5.56 Å². The number of rotatable bonds is 3. The van der Waals surface area contributed by atoms with Gasteiger partial charge in [0.25, 0.3) is 0 Å². The predicted molar refractivity (Wildman–Crippen MR) is 60.7 cm³/mol. The Morgan fingerprint density at radius 1 is 1.20 bits per heavy atom. The summed E-state index contributed by atoms with van der Waals surface area (Å²) >= 11 is 0. The molecule has 1 atom stereocenters. The van der Waals surface area contributed by atoms with Gasteiger partial charge in [-0.3, -0.25) is 0 Å². The Balaban J connectivity index is 1.91. The summed E-state index contributed by atoms with van der Waals surface area (Å²) in [6.45, 7) is 2.94. The van der Waals surface area contributed by atoms with Crippen molar-refractivity contribution in [2.45, 2.75) is 5.75 Å². The standard InChI is InChI=1S/C11H15NO2S/c13-15(12-6-8-14-9-7-12)10-11-4-2-1-3-5-11/h1-5H,6-10H2. The molecule has 0 saturated carbocycles. The Morgan fingerprint density at radius 3 is 2.53 bits per heavy atom. The van der Waals surface area contributed by atoms with Gasteiger partial charge in [0.1, 0.15) is 0 Å². The minimum atomic E-state index is -0.904. The molecule has 3 nitrogen and oxygen atoms in total. The van der Waals surface area contributed by atoms with Gasteiger partial charge in [-0.25, -0.2) is 8.51 Å². The van der Waals surface area contributed by atoms with Crippen molar-refractivity contribution >= 4 is 11.0 Å². The van der Waals surface area contributed by atoms with Crippen LogP contribution in [0.3, 0.4) is 0 Å². The first-order chi connectivity index (χ1) is 7.36. The first kappa shape index (κ1) is 10.8. The fraction of sp³-hybridized carbons (Fsp3) is 0.455. The van der Waals surface area contributed by atoms with Crippen LogP contribution < -0.4 is 0 Å². The van der Waals surface area contributed by atoms with Crippen molar-refractivity contribution in [1.82, 2.24) is 4.31 Å². The Morgan fingerprint density at radius 2 is 1.87 bits per heavy atom. The third-order valence-corrected chi connectivity index (χ3v) is 3.91. The molecule has 4 heteroatoms. The Bertz CT molecular complexity index is 323. The molecule has 1 aliphatic rings. The molecule has 0 radical (unpaired) electrons. The molecule has 0 aromatic heterocycles. The first-order valence-electron chi connectivity index (χ1n) is 5.11. The van der Waals surface area contributed by atoms with Crippen LogP contribution in [0.15, 0.2) is 30.3 Å². The van der Waals surface area contributed by atoms with Gasteiger partial charge in [0.05, 0.1) is 30.0 Å². The van der Waals surface area contributed by atoms with Crippen LogP contribution in [0, 0.1) is 0 Å². The average Bonchev–Trinajstić information content (AvgIpc) is 2.31. The van der Waals surface area contributed by atoms with E-state index in [2.05, 4.69) is 0 Å². The largest absolute Gasteiger partial charge is 0.379 e. The van der Waals surface area contributed by atoms with E-state index in [4.69, 9.17) is 4.74 Å². The van der Waals surface area contributed by atoms with Gasteiger partial charge in [0, 0.05) is 13.1 Å². The van der Waals surface area contributed by atoms with Gasteiger partial charge in [0.2, 0.25) is 0 Å². The summed E-state index contributed by atoms with van der Waals surface area (Å²) in [5, 5.41) is 0. The third kappa shape index (κ3) is 3.12. The molecule has 1 aliphatic heterocycles. The molecule has 0 amide bonds. The van der Waals surface area contributed by atoms with Gasteiger partial charge in [0.15, 0.2) is 0 Å². The zero-order valence-electron chi connectivity index (χ0n) is 8.59. The van der Waals surface area contributed by atoms with Crippen molar-refractivity contribution in [1.29, 1.82) is 0 Å².